The van der Waals surface area contributed by atoms with Crippen molar-refractivity contribution in [3.8, 4) is 0 Å². The highest BCUT2D eigenvalue weighted by Gasteiger charge is 2.32. The lowest BCUT2D eigenvalue weighted by Crippen LogP contribution is -2.30. The minimum atomic E-state index is -0.941. The highest BCUT2D eigenvalue weighted by Crippen LogP contribution is 2.40. The van der Waals surface area contributed by atoms with Crippen molar-refractivity contribution in [3.05, 3.63) is 0 Å². The molecule has 6 nitrogen and oxygen atoms in total. The zero-order chi connectivity index (χ0) is 22.2. The molecule has 0 aromatic heterocycles. The van der Waals surface area contributed by atoms with E-state index in [0.717, 1.165) is 75.0 Å². The monoisotopic (exact) mass is 450 g/mol. The van der Waals surface area contributed by atoms with E-state index in [0.29, 0.717) is 0 Å². The molecule has 4 saturated carbocycles. The van der Waals surface area contributed by atoms with Gasteiger partial charge in [-0.15, -0.1) is 0 Å². The normalized spacial score (nSPS) is 32.6. The molecule has 0 saturated heterocycles. The van der Waals surface area contributed by atoms with E-state index in [9.17, 15) is 9.59 Å². The third-order valence-corrected chi connectivity index (χ3v) is 8.77. The van der Waals surface area contributed by atoms with Crippen LogP contribution >= 0.6 is 0 Å². The molecule has 6 heteroatoms. The summed E-state index contributed by atoms with van der Waals surface area (Å²) >= 11 is 0. The van der Waals surface area contributed by atoms with Gasteiger partial charge in [-0.25, -0.2) is 0 Å². The van der Waals surface area contributed by atoms with E-state index in [-0.39, 0.29) is 12.2 Å². The third-order valence-electron chi connectivity index (χ3n) is 8.77. The molecule has 182 valence electrons. The van der Waals surface area contributed by atoms with Crippen LogP contribution in [0.5, 0.6) is 0 Å². The van der Waals surface area contributed by atoms with Gasteiger partial charge in [0.25, 0.3) is 0 Å². The van der Waals surface area contributed by atoms with E-state index in [1.54, 1.807) is 0 Å². The molecule has 4 aliphatic rings. The quantitative estimate of drug-likeness (QED) is 0.251. The Labute approximate surface area is 193 Å². The van der Waals surface area contributed by atoms with Crippen LogP contribution in [0.3, 0.4) is 0 Å². The van der Waals surface area contributed by atoms with Crippen LogP contribution in [0, 0.1) is 23.7 Å². The number of rotatable bonds is 4. The molecule has 0 aromatic rings. The summed E-state index contributed by atoms with van der Waals surface area (Å²) in [4.78, 5) is 33.0. The van der Waals surface area contributed by atoms with Crippen LogP contribution in [0.1, 0.15) is 116 Å². The lowest BCUT2D eigenvalue weighted by Gasteiger charge is -2.35. The van der Waals surface area contributed by atoms with Gasteiger partial charge >= 0.3 is 12.3 Å². The second kappa shape index (κ2) is 12.1. The molecule has 0 bridgehead atoms. The van der Waals surface area contributed by atoms with Gasteiger partial charge in [-0.05, 0) is 75.0 Å². The Morgan fingerprint density at radius 2 is 0.719 bits per heavy atom. The van der Waals surface area contributed by atoms with Crippen LogP contribution in [0.2, 0.25) is 0 Å². The summed E-state index contributed by atoms with van der Waals surface area (Å²) in [5.74, 6) is 3.25. The van der Waals surface area contributed by atoms with E-state index in [4.69, 9.17) is 9.47 Å². The van der Waals surface area contributed by atoms with Crippen LogP contribution in [-0.4, -0.2) is 24.5 Å². The first kappa shape index (κ1) is 23.7. The molecule has 32 heavy (non-hydrogen) atoms. The largest absolute Gasteiger partial charge is 0.550 e. The summed E-state index contributed by atoms with van der Waals surface area (Å²) in [6, 6.07) is 0. The molecular formula is C26H42O6. The van der Waals surface area contributed by atoms with Crippen molar-refractivity contribution < 1.29 is 28.8 Å². The molecule has 0 aromatic carbocycles. The van der Waals surface area contributed by atoms with Crippen molar-refractivity contribution in [2.24, 2.45) is 23.7 Å². The van der Waals surface area contributed by atoms with E-state index >= 15 is 0 Å². The minimum absolute atomic E-state index is 0.142. The third kappa shape index (κ3) is 7.02. The first-order valence-corrected chi connectivity index (χ1v) is 13.4. The predicted octanol–water partition coefficient (Wildman–Crippen LogP) is 7.49. The van der Waals surface area contributed by atoms with Gasteiger partial charge in [-0.2, -0.15) is 19.4 Å². The molecule has 0 unspecified atom stereocenters. The molecule has 0 amide bonds. The van der Waals surface area contributed by atoms with Gasteiger partial charge in [-0.1, -0.05) is 64.2 Å². The summed E-state index contributed by atoms with van der Waals surface area (Å²) in [5.41, 5.74) is 0. The average Bonchev–Trinajstić information content (AvgIpc) is 2.85. The van der Waals surface area contributed by atoms with E-state index in [1.807, 2.05) is 0 Å². The Balaban J connectivity index is 1.06. The maximum absolute atomic E-state index is 11.9. The van der Waals surface area contributed by atoms with Gasteiger partial charge in [0.1, 0.15) is 12.2 Å². The number of hydrogen-bond acceptors (Lipinski definition) is 6. The highest BCUT2D eigenvalue weighted by molar-refractivity contribution is 5.63. The topological polar surface area (TPSA) is 71.1 Å². The van der Waals surface area contributed by atoms with Gasteiger partial charge < -0.3 is 9.47 Å². The van der Waals surface area contributed by atoms with Crippen molar-refractivity contribution in [1.29, 1.82) is 0 Å². The van der Waals surface area contributed by atoms with Gasteiger partial charge in [0.2, 0.25) is 0 Å². The maximum atomic E-state index is 11.9. The van der Waals surface area contributed by atoms with Gasteiger partial charge in [0, 0.05) is 0 Å². The van der Waals surface area contributed by atoms with Gasteiger partial charge in [-0.3, -0.25) is 0 Å². The molecule has 4 rings (SSSR count). The van der Waals surface area contributed by atoms with Gasteiger partial charge in [0.05, 0.1) is 0 Å². The molecule has 0 atom stereocenters. The Kier molecular flexibility index (Phi) is 8.98. The van der Waals surface area contributed by atoms with Gasteiger partial charge in [0.15, 0.2) is 0 Å². The molecule has 0 N–H and O–H groups in total. The van der Waals surface area contributed by atoms with Crippen molar-refractivity contribution in [2.45, 2.75) is 128 Å². The fourth-order valence-corrected chi connectivity index (χ4v) is 6.95. The number of carbonyl (C=O) groups is 2. The van der Waals surface area contributed by atoms with Crippen molar-refractivity contribution in [1.82, 2.24) is 0 Å². The van der Waals surface area contributed by atoms with Crippen LogP contribution < -0.4 is 0 Å². The SMILES string of the molecule is O=C(OOC(=O)OC1CCC(C2CCCCC2)CC1)OC1CCC(C2CCCCC2)CC1. The highest BCUT2D eigenvalue weighted by atomic mass is 17.3. The molecular weight excluding hydrogens is 408 g/mol. The summed E-state index contributed by atoms with van der Waals surface area (Å²) in [5, 5.41) is 0. The average molecular weight is 451 g/mol. The van der Waals surface area contributed by atoms with Crippen molar-refractivity contribution in [2.75, 3.05) is 0 Å². The van der Waals surface area contributed by atoms with Crippen LogP contribution in [0.25, 0.3) is 0 Å². The number of ether oxygens (including phenoxy) is 2. The summed E-state index contributed by atoms with van der Waals surface area (Å²) < 4.78 is 10.7. The molecule has 4 aliphatic carbocycles. The summed E-state index contributed by atoms with van der Waals surface area (Å²) in [7, 11) is 0. The second-order valence-electron chi connectivity index (χ2n) is 10.8. The van der Waals surface area contributed by atoms with Crippen molar-refractivity contribution in [3.63, 3.8) is 0 Å². The Hall–Kier alpha value is -1.46. The van der Waals surface area contributed by atoms with Crippen LogP contribution in [-0.2, 0) is 19.2 Å². The first-order chi connectivity index (χ1) is 15.7. The second-order valence-corrected chi connectivity index (χ2v) is 10.8. The lowest BCUT2D eigenvalue weighted by molar-refractivity contribution is -0.226. The lowest BCUT2D eigenvalue weighted by atomic mass is 9.73. The maximum Gasteiger partial charge on any atom is 0.550 e. The number of hydrogen-bond donors (Lipinski definition) is 0. The first-order valence-electron chi connectivity index (χ1n) is 13.4. The van der Waals surface area contributed by atoms with E-state index < -0.39 is 12.3 Å². The predicted molar refractivity (Wildman–Crippen MR) is 120 cm³/mol. The fourth-order valence-electron chi connectivity index (χ4n) is 6.95. The van der Waals surface area contributed by atoms with Crippen molar-refractivity contribution >= 4 is 12.3 Å². The Bertz CT molecular complexity index is 527. The Morgan fingerprint density at radius 1 is 0.406 bits per heavy atom. The zero-order valence-corrected chi connectivity index (χ0v) is 19.6. The van der Waals surface area contributed by atoms with E-state index in [2.05, 4.69) is 9.78 Å². The fraction of sp³-hybridized carbons (Fsp3) is 0.923. The summed E-state index contributed by atoms with van der Waals surface area (Å²) in [6.07, 6.45) is 19.4. The van der Waals surface area contributed by atoms with Crippen LogP contribution in [0.15, 0.2) is 0 Å². The zero-order valence-electron chi connectivity index (χ0n) is 19.6. The molecule has 0 radical (unpaired) electrons. The minimum Gasteiger partial charge on any atom is -0.428 e. The smallest absolute Gasteiger partial charge is 0.428 e. The summed E-state index contributed by atoms with van der Waals surface area (Å²) in [6.45, 7) is 0. The van der Waals surface area contributed by atoms with E-state index in [1.165, 1.54) is 64.2 Å². The molecule has 0 spiro atoms. The molecule has 0 heterocycles. The Morgan fingerprint density at radius 3 is 1.06 bits per heavy atom. The standard InChI is InChI=1S/C26H42O6/c27-25(29-23-15-11-21(12-16-23)19-7-3-1-4-8-19)31-32-26(28)30-24-17-13-22(14-18-24)20-9-5-2-6-10-20/h19-24H,1-18H2. The van der Waals surface area contributed by atoms with Crippen LogP contribution in [0.4, 0.5) is 9.59 Å². The molecule has 4 fully saturated rings. The molecule has 0 aliphatic heterocycles. The number of carbonyl (C=O) groups excluding carboxylic acids is 2.